The highest BCUT2D eigenvalue weighted by atomic mass is 32.2. The van der Waals surface area contributed by atoms with Crippen molar-refractivity contribution in [2.45, 2.75) is 30.7 Å². The Labute approximate surface area is 149 Å². The minimum absolute atomic E-state index is 0.0199. The summed E-state index contributed by atoms with van der Waals surface area (Å²) < 4.78 is 32.0. The minimum atomic E-state index is -3.54. The average molecular weight is 369 g/mol. The molecule has 0 aliphatic carbocycles. The van der Waals surface area contributed by atoms with E-state index < -0.39 is 10.0 Å². The molecule has 1 saturated heterocycles. The van der Waals surface area contributed by atoms with Crippen molar-refractivity contribution in [2.75, 3.05) is 33.8 Å². The molecule has 1 heterocycles. The highest BCUT2D eigenvalue weighted by molar-refractivity contribution is 7.89. The van der Waals surface area contributed by atoms with E-state index in [9.17, 15) is 13.2 Å². The SMILES string of the molecule is COc1ccc(S(=O)(=O)N2CCC(C(=O)N(C)C(C)CN)CC2)cc1. The lowest BCUT2D eigenvalue weighted by Crippen LogP contribution is -2.47. The van der Waals surface area contributed by atoms with E-state index in [2.05, 4.69) is 0 Å². The second-order valence-electron chi connectivity index (χ2n) is 6.39. The van der Waals surface area contributed by atoms with Crippen molar-refractivity contribution in [2.24, 2.45) is 11.7 Å². The molecule has 0 spiro atoms. The molecular formula is C17H27N3O4S. The molecule has 1 amide bonds. The molecule has 1 aromatic rings. The molecule has 1 fully saturated rings. The number of carbonyl (C=O) groups is 1. The zero-order valence-corrected chi connectivity index (χ0v) is 15.8. The maximum Gasteiger partial charge on any atom is 0.243 e. The average Bonchev–Trinajstić information content (AvgIpc) is 2.66. The fourth-order valence-electron chi connectivity index (χ4n) is 2.90. The number of rotatable bonds is 6. The zero-order valence-electron chi connectivity index (χ0n) is 15.0. The van der Waals surface area contributed by atoms with Gasteiger partial charge in [-0.05, 0) is 44.0 Å². The van der Waals surface area contributed by atoms with Crippen molar-refractivity contribution in [3.05, 3.63) is 24.3 Å². The van der Waals surface area contributed by atoms with E-state index in [0.717, 1.165) is 0 Å². The Hall–Kier alpha value is -1.64. The summed E-state index contributed by atoms with van der Waals surface area (Å²) in [6.45, 7) is 3.00. The first-order valence-electron chi connectivity index (χ1n) is 8.42. The van der Waals surface area contributed by atoms with Gasteiger partial charge in [0, 0.05) is 38.6 Å². The Morgan fingerprint density at radius 2 is 1.88 bits per heavy atom. The highest BCUT2D eigenvalue weighted by Crippen LogP contribution is 2.26. The Balaban J connectivity index is 2.02. The van der Waals surface area contributed by atoms with Crippen molar-refractivity contribution < 1.29 is 17.9 Å². The number of likely N-dealkylation sites (N-methyl/N-ethyl adjacent to an activating group) is 1. The molecule has 1 aliphatic rings. The minimum Gasteiger partial charge on any atom is -0.497 e. The molecule has 25 heavy (non-hydrogen) atoms. The number of nitrogens with zero attached hydrogens (tertiary/aromatic N) is 2. The third kappa shape index (κ3) is 4.31. The number of hydrogen-bond donors (Lipinski definition) is 1. The predicted molar refractivity (Wildman–Crippen MR) is 95.8 cm³/mol. The molecule has 140 valence electrons. The van der Waals surface area contributed by atoms with E-state index in [1.165, 1.54) is 11.4 Å². The van der Waals surface area contributed by atoms with Crippen molar-refractivity contribution >= 4 is 15.9 Å². The summed E-state index contributed by atoms with van der Waals surface area (Å²) in [5.74, 6) is 0.501. The predicted octanol–water partition coefficient (Wildman–Crippen LogP) is 0.902. The van der Waals surface area contributed by atoms with Gasteiger partial charge in [0.2, 0.25) is 15.9 Å². The number of benzene rings is 1. The van der Waals surface area contributed by atoms with Crippen LogP contribution in [0.3, 0.4) is 0 Å². The second kappa shape index (κ2) is 8.16. The molecule has 0 saturated carbocycles. The van der Waals surface area contributed by atoms with Gasteiger partial charge in [-0.3, -0.25) is 4.79 Å². The van der Waals surface area contributed by atoms with Crippen LogP contribution in [0.1, 0.15) is 19.8 Å². The molecule has 2 rings (SSSR count). The number of piperidine rings is 1. The quantitative estimate of drug-likeness (QED) is 0.804. The van der Waals surface area contributed by atoms with Crippen LogP contribution in [-0.2, 0) is 14.8 Å². The number of amides is 1. The smallest absolute Gasteiger partial charge is 0.243 e. The van der Waals surface area contributed by atoms with Crippen LogP contribution >= 0.6 is 0 Å². The number of methoxy groups -OCH3 is 1. The molecular weight excluding hydrogens is 342 g/mol. The monoisotopic (exact) mass is 369 g/mol. The van der Waals surface area contributed by atoms with Crippen molar-refractivity contribution in [3.8, 4) is 5.75 Å². The molecule has 1 atom stereocenters. The molecule has 0 aromatic heterocycles. The fourth-order valence-corrected chi connectivity index (χ4v) is 4.37. The zero-order chi connectivity index (χ0) is 18.6. The maximum absolute atomic E-state index is 12.7. The summed E-state index contributed by atoms with van der Waals surface area (Å²) in [6, 6.07) is 6.33. The first kappa shape index (κ1) is 19.7. The number of carbonyl (C=O) groups excluding carboxylic acids is 1. The Bertz CT molecular complexity index is 682. The van der Waals surface area contributed by atoms with Gasteiger partial charge in [0.25, 0.3) is 0 Å². The standard InChI is InChI=1S/C17H27N3O4S/c1-13(12-18)19(2)17(21)14-8-10-20(11-9-14)25(22,23)16-6-4-15(24-3)5-7-16/h4-7,13-14H,8-12,18H2,1-3H3. The van der Waals surface area contributed by atoms with E-state index in [1.807, 2.05) is 6.92 Å². The molecule has 8 heteroatoms. The number of ether oxygens (including phenoxy) is 1. The van der Waals surface area contributed by atoms with E-state index in [0.29, 0.717) is 38.2 Å². The first-order valence-corrected chi connectivity index (χ1v) is 9.86. The van der Waals surface area contributed by atoms with Crippen LogP contribution in [0.5, 0.6) is 5.75 Å². The molecule has 1 aromatic carbocycles. The van der Waals surface area contributed by atoms with Crippen LogP contribution in [0.4, 0.5) is 0 Å². The van der Waals surface area contributed by atoms with E-state index in [1.54, 1.807) is 36.2 Å². The summed E-state index contributed by atoms with van der Waals surface area (Å²) in [5.41, 5.74) is 5.61. The molecule has 0 radical (unpaired) electrons. The summed E-state index contributed by atoms with van der Waals surface area (Å²) >= 11 is 0. The van der Waals surface area contributed by atoms with Gasteiger partial charge in [-0.25, -0.2) is 8.42 Å². The summed E-state index contributed by atoms with van der Waals surface area (Å²) in [6.07, 6.45) is 1.05. The van der Waals surface area contributed by atoms with Gasteiger partial charge in [0.1, 0.15) is 5.75 Å². The lowest BCUT2D eigenvalue weighted by Gasteiger charge is -2.34. The Kier molecular flexibility index (Phi) is 6.42. The summed E-state index contributed by atoms with van der Waals surface area (Å²) in [4.78, 5) is 14.4. The Morgan fingerprint density at radius 3 is 2.36 bits per heavy atom. The van der Waals surface area contributed by atoms with Crippen molar-refractivity contribution in [1.29, 1.82) is 0 Å². The molecule has 1 unspecified atom stereocenters. The van der Waals surface area contributed by atoms with Crippen molar-refractivity contribution in [1.82, 2.24) is 9.21 Å². The molecule has 1 aliphatic heterocycles. The number of nitrogens with two attached hydrogens (primary N) is 1. The third-order valence-electron chi connectivity index (χ3n) is 4.85. The lowest BCUT2D eigenvalue weighted by atomic mass is 9.96. The van der Waals surface area contributed by atoms with Crippen LogP contribution in [-0.4, -0.2) is 63.4 Å². The highest BCUT2D eigenvalue weighted by Gasteiger charge is 2.33. The first-order chi connectivity index (χ1) is 11.8. The normalized spacial score (nSPS) is 17.9. The number of hydrogen-bond acceptors (Lipinski definition) is 5. The van der Waals surface area contributed by atoms with Gasteiger partial charge in [0.15, 0.2) is 0 Å². The summed E-state index contributed by atoms with van der Waals surface area (Å²) in [7, 11) is -0.259. The van der Waals surface area contributed by atoms with Crippen LogP contribution in [0.15, 0.2) is 29.2 Å². The molecule has 0 bridgehead atoms. The van der Waals surface area contributed by atoms with E-state index in [4.69, 9.17) is 10.5 Å². The lowest BCUT2D eigenvalue weighted by molar-refractivity contribution is -0.137. The van der Waals surface area contributed by atoms with Gasteiger partial charge in [-0.1, -0.05) is 0 Å². The van der Waals surface area contributed by atoms with Crippen LogP contribution in [0, 0.1) is 5.92 Å². The van der Waals surface area contributed by atoms with Gasteiger partial charge in [-0.2, -0.15) is 4.31 Å². The van der Waals surface area contributed by atoms with Gasteiger partial charge < -0.3 is 15.4 Å². The maximum atomic E-state index is 12.7. The molecule has 7 nitrogen and oxygen atoms in total. The van der Waals surface area contributed by atoms with Crippen LogP contribution in [0.25, 0.3) is 0 Å². The van der Waals surface area contributed by atoms with Crippen LogP contribution in [0.2, 0.25) is 0 Å². The fraction of sp³-hybridized carbons (Fsp3) is 0.588. The number of sulfonamides is 1. The van der Waals surface area contributed by atoms with Crippen molar-refractivity contribution in [3.63, 3.8) is 0 Å². The Morgan fingerprint density at radius 1 is 1.32 bits per heavy atom. The van der Waals surface area contributed by atoms with E-state index in [-0.39, 0.29) is 22.8 Å². The summed E-state index contributed by atoms with van der Waals surface area (Å²) in [5, 5.41) is 0. The largest absolute Gasteiger partial charge is 0.497 e. The topological polar surface area (TPSA) is 92.9 Å². The van der Waals surface area contributed by atoms with Gasteiger partial charge in [0.05, 0.1) is 12.0 Å². The van der Waals surface area contributed by atoms with Gasteiger partial charge >= 0.3 is 0 Å². The third-order valence-corrected chi connectivity index (χ3v) is 6.76. The second-order valence-corrected chi connectivity index (χ2v) is 8.33. The van der Waals surface area contributed by atoms with Gasteiger partial charge in [-0.15, -0.1) is 0 Å². The van der Waals surface area contributed by atoms with E-state index >= 15 is 0 Å². The molecule has 2 N–H and O–H groups in total. The van der Waals surface area contributed by atoms with Crippen LogP contribution < -0.4 is 10.5 Å².